The van der Waals surface area contributed by atoms with Crippen LogP contribution < -0.4 is 15.2 Å². The Balaban J connectivity index is 1.74. The quantitative estimate of drug-likeness (QED) is 0.679. The lowest BCUT2D eigenvalue weighted by Crippen LogP contribution is -2.47. The highest BCUT2D eigenvalue weighted by atomic mass is 16.5. The molecule has 0 fully saturated rings. The van der Waals surface area contributed by atoms with Gasteiger partial charge in [-0.05, 0) is 50.6 Å². The minimum absolute atomic E-state index is 0.0135. The number of hydrogen-bond donors (Lipinski definition) is 0. The van der Waals surface area contributed by atoms with E-state index in [2.05, 4.69) is 41.0 Å². The van der Waals surface area contributed by atoms with Crippen LogP contribution in [-0.2, 0) is 13.2 Å². The van der Waals surface area contributed by atoms with Crippen LogP contribution in [0.25, 0.3) is 0 Å². The van der Waals surface area contributed by atoms with E-state index in [1.54, 1.807) is 11.7 Å². The zero-order valence-corrected chi connectivity index (χ0v) is 17.3. The lowest BCUT2D eigenvalue weighted by molar-refractivity contribution is 0.190. The van der Waals surface area contributed by atoms with Crippen LogP contribution in [0.4, 0.5) is 11.6 Å². The van der Waals surface area contributed by atoms with Crippen LogP contribution in [0.3, 0.4) is 0 Å². The highest BCUT2D eigenvalue weighted by Gasteiger charge is 2.27. The van der Waals surface area contributed by atoms with Gasteiger partial charge < -0.3 is 4.74 Å². The van der Waals surface area contributed by atoms with Crippen LogP contribution >= 0.6 is 0 Å². The molecule has 0 spiro atoms. The standard InChI is InChI=1S/C23H26N4O2/c1-16-5-7-19(8-6-16)13-25-14-26(20-9-11-21(29-4)12-10-20)23-24-18(3)17(2)22(28)27(23)15-25/h5-12H,13-15H2,1-4H3. The molecule has 29 heavy (non-hydrogen) atoms. The van der Waals surface area contributed by atoms with Gasteiger partial charge in [0.1, 0.15) is 5.75 Å². The smallest absolute Gasteiger partial charge is 0.259 e. The molecule has 0 saturated carbocycles. The second-order valence-electron chi connectivity index (χ2n) is 7.58. The van der Waals surface area contributed by atoms with Crippen LogP contribution in [-0.4, -0.2) is 28.2 Å². The van der Waals surface area contributed by atoms with Gasteiger partial charge in [-0.2, -0.15) is 0 Å². The number of methoxy groups -OCH3 is 1. The summed E-state index contributed by atoms with van der Waals surface area (Å²) in [4.78, 5) is 22.1. The summed E-state index contributed by atoms with van der Waals surface area (Å²) in [7, 11) is 1.65. The fourth-order valence-electron chi connectivity index (χ4n) is 3.59. The van der Waals surface area contributed by atoms with E-state index >= 15 is 0 Å². The number of nitrogens with zero attached hydrogens (tertiary/aromatic N) is 4. The predicted molar refractivity (Wildman–Crippen MR) is 115 cm³/mol. The Kier molecular flexibility index (Phi) is 5.11. The average Bonchev–Trinajstić information content (AvgIpc) is 2.74. The van der Waals surface area contributed by atoms with Gasteiger partial charge in [0.15, 0.2) is 0 Å². The van der Waals surface area contributed by atoms with E-state index in [1.807, 2.05) is 38.1 Å². The maximum atomic E-state index is 13.0. The summed E-state index contributed by atoms with van der Waals surface area (Å²) in [5, 5.41) is 0. The number of benzene rings is 2. The minimum atomic E-state index is 0.0135. The van der Waals surface area contributed by atoms with Gasteiger partial charge in [-0.25, -0.2) is 4.98 Å². The van der Waals surface area contributed by atoms with Crippen molar-refractivity contribution in [3.63, 3.8) is 0 Å². The minimum Gasteiger partial charge on any atom is -0.497 e. The molecular formula is C23H26N4O2. The van der Waals surface area contributed by atoms with Gasteiger partial charge in [-0.1, -0.05) is 29.8 Å². The monoisotopic (exact) mass is 390 g/mol. The van der Waals surface area contributed by atoms with Crippen LogP contribution in [0.2, 0.25) is 0 Å². The van der Waals surface area contributed by atoms with Gasteiger partial charge in [0.05, 0.1) is 20.4 Å². The molecule has 6 nitrogen and oxygen atoms in total. The summed E-state index contributed by atoms with van der Waals surface area (Å²) < 4.78 is 7.06. The molecule has 0 N–H and O–H groups in total. The van der Waals surface area contributed by atoms with Crippen LogP contribution in [0, 0.1) is 20.8 Å². The number of aryl methyl sites for hydroxylation is 2. The highest BCUT2D eigenvalue weighted by Crippen LogP contribution is 2.29. The molecule has 0 aliphatic carbocycles. The Labute approximate surface area is 171 Å². The zero-order chi connectivity index (χ0) is 20.5. The molecule has 150 valence electrons. The molecule has 0 radical (unpaired) electrons. The number of aromatic nitrogens is 2. The van der Waals surface area contributed by atoms with E-state index in [-0.39, 0.29) is 5.56 Å². The van der Waals surface area contributed by atoms with Crippen molar-refractivity contribution < 1.29 is 4.74 Å². The molecule has 0 bridgehead atoms. The molecule has 0 unspecified atom stereocenters. The van der Waals surface area contributed by atoms with Crippen molar-refractivity contribution in [2.75, 3.05) is 18.7 Å². The lowest BCUT2D eigenvalue weighted by Gasteiger charge is -2.38. The summed E-state index contributed by atoms with van der Waals surface area (Å²) in [6.07, 6.45) is 0. The average molecular weight is 390 g/mol. The first-order valence-electron chi connectivity index (χ1n) is 9.74. The van der Waals surface area contributed by atoms with Crippen molar-refractivity contribution in [2.24, 2.45) is 0 Å². The normalized spacial score (nSPS) is 14.0. The summed E-state index contributed by atoms with van der Waals surface area (Å²) in [6, 6.07) is 16.4. The number of ether oxygens (including phenoxy) is 1. The number of fused-ring (bicyclic) bond motifs is 1. The first kappa shape index (κ1) is 19.2. The topological polar surface area (TPSA) is 50.6 Å². The number of rotatable bonds is 4. The molecule has 1 aliphatic rings. The molecule has 0 saturated heterocycles. The maximum absolute atomic E-state index is 13.0. The molecule has 1 aliphatic heterocycles. The van der Waals surface area contributed by atoms with Gasteiger partial charge in [-0.3, -0.25) is 19.2 Å². The number of hydrogen-bond acceptors (Lipinski definition) is 5. The van der Waals surface area contributed by atoms with Gasteiger partial charge in [0, 0.05) is 23.5 Å². The summed E-state index contributed by atoms with van der Waals surface area (Å²) in [5.41, 5.74) is 4.91. The highest BCUT2D eigenvalue weighted by molar-refractivity contribution is 5.59. The molecule has 2 heterocycles. The lowest BCUT2D eigenvalue weighted by atomic mass is 10.1. The van der Waals surface area contributed by atoms with E-state index < -0.39 is 0 Å². The molecule has 6 heteroatoms. The molecule has 3 aromatic rings. The predicted octanol–water partition coefficient (Wildman–Crippen LogP) is 3.75. The van der Waals surface area contributed by atoms with Crippen molar-refractivity contribution in [1.29, 1.82) is 0 Å². The number of anilines is 2. The Morgan fingerprint density at radius 1 is 0.966 bits per heavy atom. The van der Waals surface area contributed by atoms with Crippen molar-refractivity contribution >= 4 is 11.6 Å². The molecule has 0 amide bonds. The Hall–Kier alpha value is -3.12. The van der Waals surface area contributed by atoms with Crippen molar-refractivity contribution in [3.05, 3.63) is 81.3 Å². The summed E-state index contributed by atoms with van der Waals surface area (Å²) >= 11 is 0. The second kappa shape index (κ2) is 7.72. The third kappa shape index (κ3) is 3.76. The molecule has 1 aromatic heterocycles. The van der Waals surface area contributed by atoms with Crippen LogP contribution in [0.1, 0.15) is 22.4 Å². The second-order valence-corrected chi connectivity index (χ2v) is 7.58. The van der Waals surface area contributed by atoms with Gasteiger partial charge in [-0.15, -0.1) is 0 Å². The SMILES string of the molecule is COc1ccc(N2CN(Cc3ccc(C)cc3)Cn3c2nc(C)c(C)c3=O)cc1. The van der Waals surface area contributed by atoms with Gasteiger partial charge in [0.2, 0.25) is 5.95 Å². The zero-order valence-electron chi connectivity index (χ0n) is 17.3. The first-order chi connectivity index (χ1) is 14.0. The summed E-state index contributed by atoms with van der Waals surface area (Å²) in [5.74, 6) is 1.48. The molecule has 2 aromatic carbocycles. The van der Waals surface area contributed by atoms with Gasteiger partial charge in [0.25, 0.3) is 5.56 Å². The summed E-state index contributed by atoms with van der Waals surface area (Å²) in [6.45, 7) is 7.74. The fourth-order valence-corrected chi connectivity index (χ4v) is 3.59. The third-order valence-electron chi connectivity index (χ3n) is 5.45. The van der Waals surface area contributed by atoms with Crippen LogP contribution in [0.15, 0.2) is 53.3 Å². The van der Waals surface area contributed by atoms with E-state index in [0.717, 1.165) is 23.7 Å². The first-order valence-corrected chi connectivity index (χ1v) is 9.74. The van der Waals surface area contributed by atoms with Crippen molar-refractivity contribution in [1.82, 2.24) is 14.5 Å². The third-order valence-corrected chi connectivity index (χ3v) is 5.45. The molecule has 4 rings (SSSR count). The molecule has 0 atom stereocenters. The maximum Gasteiger partial charge on any atom is 0.259 e. The van der Waals surface area contributed by atoms with E-state index in [4.69, 9.17) is 9.72 Å². The van der Waals surface area contributed by atoms with Crippen molar-refractivity contribution in [2.45, 2.75) is 34.0 Å². The van der Waals surface area contributed by atoms with E-state index in [1.165, 1.54) is 11.1 Å². The van der Waals surface area contributed by atoms with Crippen LogP contribution in [0.5, 0.6) is 5.75 Å². The van der Waals surface area contributed by atoms with E-state index in [0.29, 0.717) is 24.8 Å². The van der Waals surface area contributed by atoms with Crippen molar-refractivity contribution in [3.8, 4) is 5.75 Å². The Morgan fingerprint density at radius 2 is 1.66 bits per heavy atom. The van der Waals surface area contributed by atoms with E-state index in [9.17, 15) is 4.79 Å². The van der Waals surface area contributed by atoms with Gasteiger partial charge >= 0.3 is 0 Å². The largest absolute Gasteiger partial charge is 0.497 e. The Morgan fingerprint density at radius 3 is 2.31 bits per heavy atom. The molecular weight excluding hydrogens is 364 g/mol. The fraction of sp³-hybridized carbons (Fsp3) is 0.304. The Bertz CT molecular complexity index is 1070.